The maximum Gasteiger partial charge on any atom is 0.160 e. The zero-order valence-electron chi connectivity index (χ0n) is 11.6. The van der Waals surface area contributed by atoms with E-state index in [9.17, 15) is 0 Å². The molecule has 102 valence electrons. The molecule has 1 heterocycles. The average Bonchev–Trinajstić information content (AvgIpc) is 2.65. The van der Waals surface area contributed by atoms with E-state index in [-0.39, 0.29) is 6.04 Å². The quantitative estimate of drug-likeness (QED) is 0.837. The van der Waals surface area contributed by atoms with Crippen molar-refractivity contribution >= 4 is 0 Å². The molecule has 18 heavy (non-hydrogen) atoms. The maximum atomic E-state index is 6.36. The van der Waals surface area contributed by atoms with Gasteiger partial charge in [0.2, 0.25) is 0 Å². The number of aryl methyl sites for hydroxylation is 1. The lowest BCUT2D eigenvalue weighted by molar-refractivity contribution is 0.385. The van der Waals surface area contributed by atoms with E-state index in [1.165, 1.54) is 25.0 Å². The molecule has 2 unspecified atom stereocenters. The predicted molar refractivity (Wildman–Crippen MR) is 72.9 cm³/mol. The Morgan fingerprint density at radius 1 is 1.39 bits per heavy atom. The van der Waals surface area contributed by atoms with E-state index in [0.29, 0.717) is 5.92 Å². The third kappa shape index (κ3) is 2.69. The number of ether oxygens (including phenoxy) is 1. The Labute approximate surface area is 110 Å². The summed E-state index contributed by atoms with van der Waals surface area (Å²) < 4.78 is 7.57. The molecule has 0 bridgehead atoms. The van der Waals surface area contributed by atoms with Crippen LogP contribution in [0.2, 0.25) is 0 Å². The van der Waals surface area contributed by atoms with E-state index < -0.39 is 0 Å². The SMILES string of the molecule is CCCn1ncc(OC)c1C1CCCCCC1N. The minimum atomic E-state index is 0.244. The van der Waals surface area contributed by atoms with Crippen LogP contribution < -0.4 is 10.5 Å². The summed E-state index contributed by atoms with van der Waals surface area (Å²) in [6.07, 6.45) is 9.01. The van der Waals surface area contributed by atoms with E-state index in [1.807, 2.05) is 6.20 Å². The third-order valence-corrected chi connectivity index (χ3v) is 3.92. The van der Waals surface area contributed by atoms with Crippen LogP contribution in [0.3, 0.4) is 0 Å². The van der Waals surface area contributed by atoms with E-state index in [0.717, 1.165) is 31.6 Å². The van der Waals surface area contributed by atoms with Crippen LogP contribution in [0.4, 0.5) is 0 Å². The van der Waals surface area contributed by atoms with Crippen LogP contribution in [0.25, 0.3) is 0 Å². The first-order chi connectivity index (χ1) is 8.77. The number of aromatic nitrogens is 2. The number of hydrogen-bond donors (Lipinski definition) is 1. The van der Waals surface area contributed by atoms with Crippen molar-refractivity contribution in [3.8, 4) is 5.75 Å². The predicted octanol–water partition coefficient (Wildman–Crippen LogP) is 2.68. The molecule has 1 saturated carbocycles. The van der Waals surface area contributed by atoms with Gasteiger partial charge in [-0.25, -0.2) is 0 Å². The first kappa shape index (κ1) is 13.4. The highest BCUT2D eigenvalue weighted by atomic mass is 16.5. The summed E-state index contributed by atoms with van der Waals surface area (Å²) in [7, 11) is 1.72. The minimum absolute atomic E-state index is 0.244. The highest BCUT2D eigenvalue weighted by Crippen LogP contribution is 2.36. The van der Waals surface area contributed by atoms with Crippen LogP contribution in [0, 0.1) is 0 Å². The lowest BCUT2D eigenvalue weighted by Gasteiger charge is -2.23. The number of nitrogens with zero attached hydrogens (tertiary/aromatic N) is 2. The molecule has 0 radical (unpaired) electrons. The van der Waals surface area contributed by atoms with Gasteiger partial charge >= 0.3 is 0 Å². The van der Waals surface area contributed by atoms with Crippen molar-refractivity contribution in [1.29, 1.82) is 0 Å². The molecular weight excluding hydrogens is 226 g/mol. The van der Waals surface area contributed by atoms with Crippen LogP contribution in [-0.2, 0) is 6.54 Å². The molecule has 1 aliphatic rings. The molecule has 4 heteroatoms. The van der Waals surface area contributed by atoms with Crippen molar-refractivity contribution in [2.45, 2.75) is 64.0 Å². The molecule has 1 fully saturated rings. The van der Waals surface area contributed by atoms with Crippen LogP contribution in [0.1, 0.15) is 57.1 Å². The molecule has 1 aliphatic carbocycles. The summed E-state index contributed by atoms with van der Waals surface area (Å²) in [5, 5.41) is 4.45. The van der Waals surface area contributed by atoms with Gasteiger partial charge in [0.05, 0.1) is 19.0 Å². The first-order valence-corrected chi connectivity index (χ1v) is 7.13. The molecule has 2 atom stereocenters. The van der Waals surface area contributed by atoms with Gasteiger partial charge < -0.3 is 10.5 Å². The average molecular weight is 251 g/mol. The van der Waals surface area contributed by atoms with Gasteiger partial charge in [0.25, 0.3) is 0 Å². The van der Waals surface area contributed by atoms with Crippen molar-refractivity contribution in [2.75, 3.05) is 7.11 Å². The number of methoxy groups -OCH3 is 1. The summed E-state index contributed by atoms with van der Waals surface area (Å²) in [5.41, 5.74) is 7.58. The summed E-state index contributed by atoms with van der Waals surface area (Å²) >= 11 is 0. The van der Waals surface area contributed by atoms with Gasteiger partial charge in [-0.2, -0.15) is 5.10 Å². The molecule has 0 saturated heterocycles. The normalized spacial score (nSPS) is 24.8. The van der Waals surface area contributed by atoms with Gasteiger partial charge in [-0.05, 0) is 19.3 Å². The zero-order valence-corrected chi connectivity index (χ0v) is 11.6. The van der Waals surface area contributed by atoms with E-state index in [4.69, 9.17) is 10.5 Å². The Kier molecular flexibility index (Phi) is 4.64. The molecule has 1 aromatic heterocycles. The Hall–Kier alpha value is -1.03. The minimum Gasteiger partial charge on any atom is -0.493 e. The molecule has 2 N–H and O–H groups in total. The zero-order chi connectivity index (χ0) is 13.0. The Bertz CT molecular complexity index is 375. The van der Waals surface area contributed by atoms with Gasteiger partial charge in [0.1, 0.15) is 0 Å². The number of nitrogens with two attached hydrogens (primary N) is 1. The van der Waals surface area contributed by atoms with Crippen molar-refractivity contribution in [2.24, 2.45) is 5.73 Å². The van der Waals surface area contributed by atoms with E-state index in [1.54, 1.807) is 7.11 Å². The molecule has 0 spiro atoms. The highest BCUT2D eigenvalue weighted by Gasteiger charge is 2.28. The third-order valence-electron chi connectivity index (χ3n) is 3.92. The fraction of sp³-hybridized carbons (Fsp3) is 0.786. The summed E-state index contributed by atoms with van der Waals surface area (Å²) in [6, 6.07) is 0.244. The molecule has 0 aromatic carbocycles. The maximum absolute atomic E-state index is 6.36. The second-order valence-electron chi connectivity index (χ2n) is 5.23. The standard InChI is InChI=1S/C14H25N3O/c1-3-9-17-14(13(18-2)10-16-17)11-7-5-4-6-8-12(11)15/h10-12H,3-9,15H2,1-2H3. The second-order valence-corrected chi connectivity index (χ2v) is 5.23. The molecule has 0 aliphatic heterocycles. The van der Waals surface area contributed by atoms with Crippen LogP contribution in [0.5, 0.6) is 5.75 Å². The van der Waals surface area contributed by atoms with E-state index in [2.05, 4.69) is 16.7 Å². The van der Waals surface area contributed by atoms with Gasteiger partial charge in [-0.15, -0.1) is 0 Å². The Morgan fingerprint density at radius 2 is 2.17 bits per heavy atom. The van der Waals surface area contributed by atoms with Crippen LogP contribution in [0.15, 0.2) is 6.20 Å². The first-order valence-electron chi connectivity index (χ1n) is 7.13. The van der Waals surface area contributed by atoms with Crippen LogP contribution in [-0.4, -0.2) is 22.9 Å². The van der Waals surface area contributed by atoms with Gasteiger partial charge in [-0.1, -0.05) is 26.2 Å². The smallest absolute Gasteiger partial charge is 0.160 e. The van der Waals surface area contributed by atoms with Crippen molar-refractivity contribution in [3.63, 3.8) is 0 Å². The number of rotatable bonds is 4. The lowest BCUT2D eigenvalue weighted by atomic mass is 9.91. The number of hydrogen-bond acceptors (Lipinski definition) is 3. The molecular formula is C14H25N3O. The summed E-state index contributed by atoms with van der Waals surface area (Å²) in [4.78, 5) is 0. The van der Waals surface area contributed by atoms with Crippen molar-refractivity contribution < 1.29 is 4.74 Å². The summed E-state index contributed by atoms with van der Waals surface area (Å²) in [5.74, 6) is 1.31. The second kappa shape index (κ2) is 6.23. The van der Waals surface area contributed by atoms with Gasteiger partial charge in [0, 0.05) is 18.5 Å². The molecule has 1 aromatic rings. The fourth-order valence-electron chi connectivity index (χ4n) is 2.97. The lowest BCUT2D eigenvalue weighted by Crippen LogP contribution is -2.29. The summed E-state index contributed by atoms with van der Waals surface area (Å²) in [6.45, 7) is 3.12. The molecule has 2 rings (SSSR count). The molecule has 4 nitrogen and oxygen atoms in total. The van der Waals surface area contributed by atoms with E-state index >= 15 is 0 Å². The Balaban J connectivity index is 2.30. The largest absolute Gasteiger partial charge is 0.493 e. The monoisotopic (exact) mass is 251 g/mol. The Morgan fingerprint density at radius 3 is 2.89 bits per heavy atom. The fourth-order valence-corrected chi connectivity index (χ4v) is 2.97. The van der Waals surface area contributed by atoms with Gasteiger partial charge in [-0.3, -0.25) is 4.68 Å². The van der Waals surface area contributed by atoms with Crippen molar-refractivity contribution in [1.82, 2.24) is 9.78 Å². The van der Waals surface area contributed by atoms with Gasteiger partial charge in [0.15, 0.2) is 5.75 Å². The topological polar surface area (TPSA) is 53.1 Å². The highest BCUT2D eigenvalue weighted by molar-refractivity contribution is 5.30. The van der Waals surface area contributed by atoms with Crippen molar-refractivity contribution in [3.05, 3.63) is 11.9 Å². The van der Waals surface area contributed by atoms with Crippen LogP contribution >= 0.6 is 0 Å². The molecule has 0 amide bonds.